The van der Waals surface area contributed by atoms with Gasteiger partial charge < -0.3 is 0 Å². The lowest BCUT2D eigenvalue weighted by atomic mass is 10.1. The van der Waals surface area contributed by atoms with Gasteiger partial charge in [0.2, 0.25) is 11.8 Å². The molecule has 2 amide bonds. The number of hydrogen-bond donors (Lipinski definition) is 1. The van der Waals surface area contributed by atoms with Gasteiger partial charge in [0.1, 0.15) is 11.9 Å². The Morgan fingerprint density at radius 1 is 1.32 bits per heavy atom. The van der Waals surface area contributed by atoms with Crippen LogP contribution in [0.25, 0.3) is 11.0 Å². The van der Waals surface area contributed by atoms with Crippen LogP contribution < -0.4 is 11.0 Å². The van der Waals surface area contributed by atoms with Crippen molar-refractivity contribution in [3.63, 3.8) is 0 Å². The molecule has 6 nitrogen and oxygen atoms in total. The van der Waals surface area contributed by atoms with Crippen molar-refractivity contribution in [3.8, 4) is 0 Å². The number of nitrogens with one attached hydrogen (secondary N) is 1. The molecular formula is C15H16FN3O3. The van der Waals surface area contributed by atoms with Crippen LogP contribution in [0.1, 0.15) is 31.4 Å². The first-order valence-corrected chi connectivity index (χ1v) is 7.17. The standard InChI is InChI=1S/C15H16FN3O3/c1-3-8-9(16)4-5-10-13(8)18(2)15(22)19(10)11-6-7-12(20)17-14(11)21/h4-5,11H,3,6-7H2,1-2H3,(H,17,20,21). The number of aryl methyl sites for hydroxylation is 2. The van der Waals surface area contributed by atoms with Crippen molar-refractivity contribution in [2.24, 2.45) is 7.05 Å². The second-order valence-electron chi connectivity index (χ2n) is 5.43. The summed E-state index contributed by atoms with van der Waals surface area (Å²) >= 11 is 0. The first-order chi connectivity index (χ1) is 10.5. The number of piperidine rings is 1. The van der Waals surface area contributed by atoms with Gasteiger partial charge in [-0.25, -0.2) is 9.18 Å². The highest BCUT2D eigenvalue weighted by Gasteiger charge is 2.31. The molecule has 1 aliphatic rings. The highest BCUT2D eigenvalue weighted by molar-refractivity contribution is 6.00. The zero-order chi connectivity index (χ0) is 16.0. The fraction of sp³-hybridized carbons (Fsp3) is 0.400. The topological polar surface area (TPSA) is 73.1 Å². The fourth-order valence-corrected chi connectivity index (χ4v) is 3.09. The largest absolute Gasteiger partial charge is 0.329 e. The van der Waals surface area contributed by atoms with E-state index in [1.165, 1.54) is 21.3 Å². The van der Waals surface area contributed by atoms with E-state index in [1.54, 1.807) is 7.05 Å². The van der Waals surface area contributed by atoms with Gasteiger partial charge in [-0.1, -0.05) is 6.92 Å². The highest BCUT2D eigenvalue weighted by atomic mass is 19.1. The van der Waals surface area contributed by atoms with E-state index in [4.69, 9.17) is 0 Å². The fourth-order valence-electron chi connectivity index (χ4n) is 3.09. The predicted octanol–water partition coefficient (Wildman–Crippen LogP) is 1.02. The minimum absolute atomic E-state index is 0.182. The second kappa shape index (κ2) is 5.08. The van der Waals surface area contributed by atoms with Crippen LogP contribution in [-0.4, -0.2) is 20.9 Å². The van der Waals surface area contributed by atoms with Crippen molar-refractivity contribution in [3.05, 3.63) is 34.0 Å². The average molecular weight is 305 g/mol. The molecule has 0 saturated carbocycles. The Morgan fingerprint density at radius 3 is 2.68 bits per heavy atom. The van der Waals surface area contributed by atoms with Crippen molar-refractivity contribution in [2.75, 3.05) is 0 Å². The highest BCUT2D eigenvalue weighted by Crippen LogP contribution is 2.26. The summed E-state index contributed by atoms with van der Waals surface area (Å²) in [4.78, 5) is 35.9. The number of amides is 2. The van der Waals surface area contributed by atoms with Crippen LogP contribution in [0.5, 0.6) is 0 Å². The molecule has 0 radical (unpaired) electrons. The number of nitrogens with zero attached hydrogens (tertiary/aromatic N) is 2. The zero-order valence-corrected chi connectivity index (χ0v) is 12.4. The molecule has 3 rings (SSSR count). The maximum absolute atomic E-state index is 14.0. The van der Waals surface area contributed by atoms with Crippen LogP contribution in [0.15, 0.2) is 16.9 Å². The van der Waals surface area contributed by atoms with E-state index in [9.17, 15) is 18.8 Å². The molecule has 1 unspecified atom stereocenters. The molecule has 1 aromatic heterocycles. The van der Waals surface area contributed by atoms with E-state index < -0.39 is 11.9 Å². The smallest absolute Gasteiger partial charge is 0.295 e. The van der Waals surface area contributed by atoms with Crippen LogP contribution >= 0.6 is 0 Å². The van der Waals surface area contributed by atoms with Gasteiger partial charge in [0, 0.05) is 19.0 Å². The number of carbonyl (C=O) groups is 2. The number of fused-ring (bicyclic) bond motifs is 1. The lowest BCUT2D eigenvalue weighted by Gasteiger charge is -2.22. The Kier molecular flexibility index (Phi) is 3.35. The van der Waals surface area contributed by atoms with E-state index >= 15 is 0 Å². The van der Waals surface area contributed by atoms with Crippen LogP contribution in [-0.2, 0) is 23.1 Å². The summed E-state index contributed by atoms with van der Waals surface area (Å²) in [6.07, 6.45) is 0.888. The number of imide groups is 1. The van der Waals surface area contributed by atoms with Crippen molar-refractivity contribution in [2.45, 2.75) is 32.2 Å². The van der Waals surface area contributed by atoms with Crippen molar-refractivity contribution in [1.82, 2.24) is 14.5 Å². The lowest BCUT2D eigenvalue weighted by molar-refractivity contribution is -0.135. The maximum atomic E-state index is 14.0. The molecule has 22 heavy (non-hydrogen) atoms. The van der Waals surface area contributed by atoms with Crippen LogP contribution in [0.4, 0.5) is 4.39 Å². The Hall–Kier alpha value is -2.44. The molecule has 0 bridgehead atoms. The summed E-state index contributed by atoms with van der Waals surface area (Å²) in [6.45, 7) is 1.81. The summed E-state index contributed by atoms with van der Waals surface area (Å²) in [5.41, 5.74) is 1.07. The summed E-state index contributed by atoms with van der Waals surface area (Å²) in [7, 11) is 1.56. The minimum atomic E-state index is -0.746. The molecule has 0 aliphatic carbocycles. The molecule has 1 fully saturated rings. The Balaban J connectivity index is 2.27. The number of imidazole rings is 1. The number of aromatic nitrogens is 2. The molecule has 2 aromatic rings. The normalized spacial score (nSPS) is 18.8. The van der Waals surface area contributed by atoms with Gasteiger partial charge in [-0.2, -0.15) is 0 Å². The van der Waals surface area contributed by atoms with E-state index in [0.717, 1.165) is 0 Å². The zero-order valence-electron chi connectivity index (χ0n) is 12.4. The molecule has 1 N–H and O–H groups in total. The van der Waals surface area contributed by atoms with E-state index in [2.05, 4.69) is 5.32 Å². The quantitative estimate of drug-likeness (QED) is 0.842. The second-order valence-corrected chi connectivity index (χ2v) is 5.43. The third-order valence-corrected chi connectivity index (χ3v) is 4.17. The summed E-state index contributed by atoms with van der Waals surface area (Å²) in [5, 5.41) is 2.25. The molecule has 2 heterocycles. The van der Waals surface area contributed by atoms with E-state index in [1.807, 2.05) is 6.92 Å². The van der Waals surface area contributed by atoms with E-state index in [0.29, 0.717) is 23.0 Å². The monoisotopic (exact) mass is 305 g/mol. The van der Waals surface area contributed by atoms with Gasteiger partial charge in [0.25, 0.3) is 0 Å². The first-order valence-electron chi connectivity index (χ1n) is 7.17. The van der Waals surface area contributed by atoms with Gasteiger partial charge in [0.15, 0.2) is 0 Å². The number of rotatable bonds is 2. The van der Waals surface area contributed by atoms with E-state index in [-0.39, 0.29) is 30.3 Å². The third kappa shape index (κ3) is 1.96. The van der Waals surface area contributed by atoms with Crippen molar-refractivity contribution in [1.29, 1.82) is 0 Å². The van der Waals surface area contributed by atoms with Gasteiger partial charge in [-0.3, -0.25) is 24.0 Å². The molecule has 1 saturated heterocycles. The minimum Gasteiger partial charge on any atom is -0.295 e. The molecule has 116 valence electrons. The Labute approximate surface area is 125 Å². The molecular weight excluding hydrogens is 289 g/mol. The first kappa shape index (κ1) is 14.5. The molecule has 1 atom stereocenters. The number of halogens is 1. The molecule has 1 aromatic carbocycles. The van der Waals surface area contributed by atoms with Crippen LogP contribution in [0, 0.1) is 5.82 Å². The number of hydrogen-bond acceptors (Lipinski definition) is 3. The van der Waals surface area contributed by atoms with Crippen LogP contribution in [0.2, 0.25) is 0 Å². The average Bonchev–Trinajstić information content (AvgIpc) is 2.72. The summed E-state index contributed by atoms with van der Waals surface area (Å²) < 4.78 is 16.7. The Bertz CT molecular complexity index is 850. The summed E-state index contributed by atoms with van der Waals surface area (Å²) in [6, 6.07) is 2.07. The molecule has 1 aliphatic heterocycles. The third-order valence-electron chi connectivity index (χ3n) is 4.17. The summed E-state index contributed by atoms with van der Waals surface area (Å²) in [5.74, 6) is -1.20. The predicted molar refractivity (Wildman–Crippen MR) is 77.9 cm³/mol. The lowest BCUT2D eigenvalue weighted by Crippen LogP contribution is -2.44. The molecule has 0 spiro atoms. The van der Waals surface area contributed by atoms with Gasteiger partial charge in [-0.15, -0.1) is 0 Å². The maximum Gasteiger partial charge on any atom is 0.329 e. The van der Waals surface area contributed by atoms with Crippen LogP contribution in [0.3, 0.4) is 0 Å². The van der Waals surface area contributed by atoms with Gasteiger partial charge >= 0.3 is 5.69 Å². The number of carbonyl (C=O) groups excluding carboxylic acids is 2. The van der Waals surface area contributed by atoms with Crippen molar-refractivity contribution < 1.29 is 14.0 Å². The van der Waals surface area contributed by atoms with Gasteiger partial charge in [0.05, 0.1) is 11.0 Å². The molecule has 7 heteroatoms. The Morgan fingerprint density at radius 2 is 2.05 bits per heavy atom. The van der Waals surface area contributed by atoms with Gasteiger partial charge in [-0.05, 0) is 25.0 Å². The number of benzene rings is 1. The SMILES string of the molecule is CCc1c(F)ccc2c1n(C)c(=O)n2C1CCC(=O)NC1=O. The van der Waals surface area contributed by atoms with Crippen molar-refractivity contribution >= 4 is 22.8 Å².